The summed E-state index contributed by atoms with van der Waals surface area (Å²) in [5.74, 6) is -2.89. The zero-order valence-corrected chi connectivity index (χ0v) is 4.00. The van der Waals surface area contributed by atoms with E-state index < -0.39 is 49.1 Å². The van der Waals surface area contributed by atoms with Gasteiger partial charge in [-0.05, 0) is 5.89 Å². The fourth-order valence-corrected chi connectivity index (χ4v) is 0.281. The van der Waals surface area contributed by atoms with E-state index in [1.54, 1.807) is 0 Å². The quantitative estimate of drug-likeness (QED) is 0.455. The van der Waals surface area contributed by atoms with Crippen LogP contribution in [0.2, 0.25) is 0 Å². The van der Waals surface area contributed by atoms with Gasteiger partial charge in [0.15, 0.2) is 0 Å². The predicted molar refractivity (Wildman–Crippen MR) is 36.6 cm³/mol. The third-order valence-corrected chi connectivity index (χ3v) is 0.562. The molecule has 0 amide bonds. The fraction of sp³-hybridized carbons (Fsp3) is 0.250. The van der Waals surface area contributed by atoms with Crippen LogP contribution in [-0.4, -0.2) is 0 Å². The van der Waals surface area contributed by atoms with Crippen LogP contribution in [0.1, 0.15) is 20.6 Å². The summed E-state index contributed by atoms with van der Waals surface area (Å²) in [4.78, 5) is 0. The first kappa shape index (κ1) is 0.942. The highest BCUT2D eigenvalue weighted by molar-refractivity contribution is 5.18. The van der Waals surface area contributed by atoms with E-state index in [0.29, 0.717) is 0 Å². The van der Waals surface area contributed by atoms with Crippen molar-refractivity contribution in [1.29, 1.82) is 0 Å². The van der Waals surface area contributed by atoms with Crippen LogP contribution in [0.5, 0.6) is 0 Å². The van der Waals surface area contributed by atoms with Crippen molar-refractivity contribution in [3.8, 4) is 0 Å². The smallest absolute Gasteiger partial charge is 0.0623 e. The van der Waals surface area contributed by atoms with Crippen LogP contribution in [-0.2, 0) is 0 Å². The van der Waals surface area contributed by atoms with Crippen LogP contribution in [0.3, 0.4) is 0 Å². The van der Waals surface area contributed by atoms with Gasteiger partial charge >= 0.3 is 0 Å². The molecule has 42 valence electrons. The van der Waals surface area contributed by atoms with Crippen molar-refractivity contribution in [2.45, 2.75) is 6.85 Å². The lowest BCUT2D eigenvalue weighted by Gasteiger charge is -1.90. The van der Waals surface area contributed by atoms with Gasteiger partial charge in [-0.2, -0.15) is 0 Å². The van der Waals surface area contributed by atoms with Crippen LogP contribution >= 0.6 is 0 Å². The molecule has 0 heterocycles. The first-order valence-electron chi connectivity index (χ1n) is 7.00. The van der Waals surface area contributed by atoms with E-state index in [-0.39, 0.29) is 0 Å². The Labute approximate surface area is 64.3 Å². The van der Waals surface area contributed by atoms with Crippen molar-refractivity contribution in [3.63, 3.8) is 0 Å². The first-order chi connectivity index (χ1) is 7.96. The maximum Gasteiger partial charge on any atom is 0.0623 e. The van der Waals surface area contributed by atoms with Gasteiger partial charge < -0.3 is 0 Å². The van der Waals surface area contributed by atoms with Crippen LogP contribution in [0.15, 0.2) is 36.3 Å². The Morgan fingerprint density at radius 3 is 2.50 bits per heavy atom. The molecule has 1 aliphatic carbocycles. The summed E-state index contributed by atoms with van der Waals surface area (Å²) < 4.78 is 74.1. The zero-order chi connectivity index (χ0) is 14.5. The summed E-state index contributed by atoms with van der Waals surface area (Å²) in [5, 5.41) is 0. The summed E-state index contributed by atoms with van der Waals surface area (Å²) in [7, 11) is 0. The summed E-state index contributed by atoms with van der Waals surface area (Å²) in [5.41, 5.74) is 0. The van der Waals surface area contributed by atoms with Gasteiger partial charge in [0.25, 0.3) is 0 Å². The number of hydrogen-bond acceptors (Lipinski definition) is 0. The molecule has 0 saturated heterocycles. The van der Waals surface area contributed by atoms with Gasteiger partial charge in [0.05, 0.1) is 8.22 Å². The number of hydrogen-bond donors (Lipinski definition) is 0. The van der Waals surface area contributed by atoms with E-state index in [9.17, 15) is 0 Å². The molecule has 0 aromatic carbocycles. The molecular weight excluding hydrogens is 96.1 g/mol. The highest BCUT2D eigenvalue weighted by Crippen LogP contribution is 2.02. The van der Waals surface area contributed by atoms with Crippen molar-refractivity contribution in [2.75, 3.05) is 0 Å². The third kappa shape index (κ3) is 1.38. The molecule has 0 aromatic rings. The van der Waals surface area contributed by atoms with Crippen molar-refractivity contribution in [2.24, 2.45) is 5.89 Å². The van der Waals surface area contributed by atoms with Crippen LogP contribution in [0.25, 0.3) is 0 Å². The summed E-state index contributed by atoms with van der Waals surface area (Å²) in [6, 6.07) is -5.62. The standard InChI is InChI=1S/C8H10/c1-8-6-4-2-3-5-7-8/h2-8H,1H3/i1D3,2D,3D,4D,5D,6D,7D,8D. The predicted octanol–water partition coefficient (Wildman–Crippen LogP) is 2.30. The Balaban J connectivity index is 3.78. The topological polar surface area (TPSA) is 0 Å². The van der Waals surface area contributed by atoms with Crippen molar-refractivity contribution in [3.05, 3.63) is 36.3 Å². The minimum atomic E-state index is -3.13. The molecule has 1 aliphatic rings. The lowest BCUT2D eigenvalue weighted by molar-refractivity contribution is 0.943. The van der Waals surface area contributed by atoms with Gasteiger partial charge in [0.2, 0.25) is 0 Å². The van der Waals surface area contributed by atoms with Crippen molar-refractivity contribution < 1.29 is 13.7 Å². The van der Waals surface area contributed by atoms with Crippen molar-refractivity contribution >= 4 is 0 Å². The van der Waals surface area contributed by atoms with Gasteiger partial charge in [-0.15, -0.1) is 0 Å². The van der Waals surface area contributed by atoms with Crippen LogP contribution < -0.4 is 0 Å². The van der Waals surface area contributed by atoms with Gasteiger partial charge in [-0.1, -0.05) is 43.2 Å². The Morgan fingerprint density at radius 1 is 1.38 bits per heavy atom. The average molecular weight is 116 g/mol. The summed E-state index contributed by atoms with van der Waals surface area (Å²) in [6.07, 6.45) is 0. The molecule has 0 nitrogen and oxygen atoms in total. The molecule has 0 bridgehead atoms. The first-order valence-corrected chi connectivity index (χ1v) is 2.00. The lowest BCUT2D eigenvalue weighted by atomic mass is 10.2. The molecule has 0 radical (unpaired) electrons. The minimum Gasteiger partial charge on any atom is -0.0779 e. The van der Waals surface area contributed by atoms with E-state index in [1.165, 1.54) is 0 Å². The van der Waals surface area contributed by atoms with Crippen LogP contribution in [0, 0.1) is 5.89 Å². The molecule has 0 N–H and O–H groups in total. The van der Waals surface area contributed by atoms with E-state index in [4.69, 9.17) is 13.7 Å². The molecule has 0 aromatic heterocycles. The zero-order valence-electron chi connectivity index (χ0n) is 14.0. The molecule has 0 spiro atoms. The Kier molecular flexibility index (Phi) is 0.295. The molecule has 0 atom stereocenters. The second kappa shape index (κ2) is 2.51. The largest absolute Gasteiger partial charge is 0.0779 e. The number of rotatable bonds is 0. The maximum atomic E-state index is 7.78. The molecular formula is C8H10. The highest BCUT2D eigenvalue weighted by Gasteiger charge is 1.86. The third-order valence-electron chi connectivity index (χ3n) is 0.562. The molecule has 8 heavy (non-hydrogen) atoms. The molecule has 1 rings (SSSR count). The Hall–Kier alpha value is -0.780. The molecule has 0 saturated carbocycles. The molecule has 0 heteroatoms. The molecule has 0 aliphatic heterocycles. The summed E-state index contributed by atoms with van der Waals surface area (Å²) in [6.45, 7) is -3.13. The van der Waals surface area contributed by atoms with Crippen molar-refractivity contribution in [1.82, 2.24) is 0 Å². The van der Waals surface area contributed by atoms with E-state index in [1.807, 2.05) is 0 Å². The number of allylic oxidation sites excluding steroid dienone is 6. The SMILES string of the molecule is [2H]C1=C([2H])C([2H])=C([2H])C([2H])(C([2H])([2H])[2H])C([2H])=C1[2H]. The highest BCUT2D eigenvalue weighted by atomic mass is 13.9. The van der Waals surface area contributed by atoms with E-state index in [0.717, 1.165) is 0 Å². The normalized spacial score (nSPS) is 50.0. The van der Waals surface area contributed by atoms with Gasteiger partial charge in [-0.25, -0.2) is 0 Å². The van der Waals surface area contributed by atoms with E-state index >= 15 is 0 Å². The molecule has 0 fully saturated rings. The fourth-order valence-electron chi connectivity index (χ4n) is 0.281. The Morgan fingerprint density at radius 2 is 2.00 bits per heavy atom. The maximum absolute atomic E-state index is 7.78. The summed E-state index contributed by atoms with van der Waals surface area (Å²) >= 11 is 0. The van der Waals surface area contributed by atoms with E-state index in [2.05, 4.69) is 0 Å². The molecule has 0 unspecified atom stereocenters. The monoisotopic (exact) mass is 116 g/mol. The van der Waals surface area contributed by atoms with Gasteiger partial charge in [0, 0.05) is 5.48 Å². The second-order valence-electron chi connectivity index (χ2n) is 1.12. The lowest BCUT2D eigenvalue weighted by Crippen LogP contribution is -1.77. The average Bonchev–Trinajstić information content (AvgIpc) is 2.32. The van der Waals surface area contributed by atoms with Crippen LogP contribution in [0.4, 0.5) is 0 Å². The second-order valence-corrected chi connectivity index (χ2v) is 1.12. The van der Waals surface area contributed by atoms with Gasteiger partial charge in [-0.3, -0.25) is 0 Å². The Bertz CT molecular complexity index is 443. The van der Waals surface area contributed by atoms with Gasteiger partial charge in [0.1, 0.15) is 0 Å². The minimum absolute atomic E-state index is 0.826.